The van der Waals surface area contributed by atoms with Gasteiger partial charge in [0.15, 0.2) is 0 Å². The quantitative estimate of drug-likeness (QED) is 0.709. The molecule has 0 bridgehead atoms. The van der Waals surface area contributed by atoms with Crippen molar-refractivity contribution < 1.29 is 4.39 Å². The maximum absolute atomic E-state index is 13.6. The zero-order valence-corrected chi connectivity index (χ0v) is 8.97. The predicted octanol–water partition coefficient (Wildman–Crippen LogP) is 2.95. The number of aryl methyl sites for hydroxylation is 1. The summed E-state index contributed by atoms with van der Waals surface area (Å²) in [4.78, 5) is 0. The van der Waals surface area contributed by atoms with Crippen molar-refractivity contribution >= 4 is 26.8 Å². The molecule has 70 valence electrons. The van der Waals surface area contributed by atoms with Crippen LogP contribution in [0.25, 0.3) is 10.9 Å². The van der Waals surface area contributed by atoms with Crippen molar-refractivity contribution in [3.8, 4) is 6.07 Å². The second kappa shape index (κ2) is 3.10. The van der Waals surface area contributed by atoms with Crippen LogP contribution >= 0.6 is 15.9 Å². The first-order valence-electron chi connectivity index (χ1n) is 3.98. The fourth-order valence-corrected chi connectivity index (χ4v) is 1.84. The Morgan fingerprint density at radius 3 is 2.93 bits per heavy atom. The SMILES string of the molecule is Cn1ccc2c(F)c(Br)c(C#N)cc21. The number of nitrogens with zero attached hydrogens (tertiary/aromatic N) is 2. The second-order valence-electron chi connectivity index (χ2n) is 3.02. The van der Waals surface area contributed by atoms with Crippen LogP contribution in [0.5, 0.6) is 0 Å². The molecular formula is C10H6BrFN2. The van der Waals surface area contributed by atoms with Crippen molar-refractivity contribution in [2.75, 3.05) is 0 Å². The molecule has 0 atom stereocenters. The Kier molecular flexibility index (Phi) is 2.05. The summed E-state index contributed by atoms with van der Waals surface area (Å²) in [6.45, 7) is 0. The zero-order valence-electron chi connectivity index (χ0n) is 7.38. The van der Waals surface area contributed by atoms with E-state index in [9.17, 15) is 4.39 Å². The molecule has 1 heterocycles. The van der Waals surface area contributed by atoms with Gasteiger partial charge in [-0.3, -0.25) is 0 Å². The van der Waals surface area contributed by atoms with E-state index < -0.39 is 0 Å². The molecule has 0 aliphatic carbocycles. The highest BCUT2D eigenvalue weighted by Crippen LogP contribution is 2.28. The maximum atomic E-state index is 13.6. The molecule has 2 rings (SSSR count). The van der Waals surface area contributed by atoms with Crippen LogP contribution in [0.4, 0.5) is 4.39 Å². The number of halogens is 2. The summed E-state index contributed by atoms with van der Waals surface area (Å²) in [5.74, 6) is -0.375. The van der Waals surface area contributed by atoms with Crippen molar-refractivity contribution in [2.45, 2.75) is 0 Å². The minimum absolute atomic E-state index is 0.235. The molecule has 0 radical (unpaired) electrons. The van der Waals surface area contributed by atoms with Crippen molar-refractivity contribution in [1.82, 2.24) is 4.57 Å². The summed E-state index contributed by atoms with van der Waals surface area (Å²) < 4.78 is 15.7. The van der Waals surface area contributed by atoms with Gasteiger partial charge in [-0.15, -0.1) is 0 Å². The molecule has 14 heavy (non-hydrogen) atoms. The summed E-state index contributed by atoms with van der Waals surface area (Å²) in [7, 11) is 1.82. The molecule has 4 heteroatoms. The van der Waals surface area contributed by atoms with Gasteiger partial charge in [-0.25, -0.2) is 4.39 Å². The van der Waals surface area contributed by atoms with Crippen molar-refractivity contribution in [2.24, 2.45) is 7.05 Å². The molecule has 1 aromatic carbocycles. The van der Waals surface area contributed by atoms with Crippen LogP contribution in [-0.4, -0.2) is 4.57 Å². The Bertz CT molecular complexity index is 551. The molecule has 0 saturated carbocycles. The lowest BCUT2D eigenvalue weighted by molar-refractivity contribution is 0.632. The molecule has 0 amide bonds. The third kappa shape index (κ3) is 1.13. The zero-order chi connectivity index (χ0) is 10.3. The molecule has 0 N–H and O–H groups in total. The van der Waals surface area contributed by atoms with Gasteiger partial charge < -0.3 is 4.57 Å². The van der Waals surface area contributed by atoms with Crippen molar-refractivity contribution in [1.29, 1.82) is 5.26 Å². The third-order valence-corrected chi connectivity index (χ3v) is 2.96. The van der Waals surface area contributed by atoms with Gasteiger partial charge in [0.05, 0.1) is 15.6 Å². The Morgan fingerprint density at radius 2 is 2.29 bits per heavy atom. The summed E-state index contributed by atoms with van der Waals surface area (Å²) in [5.41, 5.74) is 1.04. The van der Waals surface area contributed by atoms with Crippen LogP contribution in [0, 0.1) is 17.1 Å². The van der Waals surface area contributed by atoms with E-state index in [1.54, 1.807) is 22.9 Å². The first-order valence-corrected chi connectivity index (χ1v) is 4.77. The van der Waals surface area contributed by atoms with Gasteiger partial charge in [0.1, 0.15) is 11.9 Å². The summed E-state index contributed by atoms with van der Waals surface area (Å²) in [6.07, 6.45) is 1.77. The summed E-state index contributed by atoms with van der Waals surface area (Å²) in [5, 5.41) is 9.30. The number of rotatable bonds is 0. The Labute approximate surface area is 88.7 Å². The molecule has 0 aliphatic heterocycles. The van der Waals surface area contributed by atoms with Crippen LogP contribution in [-0.2, 0) is 7.05 Å². The number of fused-ring (bicyclic) bond motifs is 1. The normalized spacial score (nSPS) is 10.4. The lowest BCUT2D eigenvalue weighted by Gasteiger charge is -2.01. The van der Waals surface area contributed by atoms with Gasteiger partial charge in [0.25, 0.3) is 0 Å². The fraction of sp³-hybridized carbons (Fsp3) is 0.100. The van der Waals surface area contributed by atoms with Crippen LogP contribution < -0.4 is 0 Å². The first kappa shape index (κ1) is 9.22. The monoisotopic (exact) mass is 252 g/mol. The van der Waals surface area contributed by atoms with Gasteiger partial charge in [-0.1, -0.05) is 0 Å². The van der Waals surface area contributed by atoms with Crippen LogP contribution in [0.2, 0.25) is 0 Å². The Balaban J connectivity index is 2.96. The van der Waals surface area contributed by atoms with Crippen molar-refractivity contribution in [3.05, 3.63) is 34.2 Å². The number of nitriles is 1. The van der Waals surface area contributed by atoms with E-state index in [2.05, 4.69) is 15.9 Å². The number of hydrogen-bond donors (Lipinski definition) is 0. The van der Waals surface area contributed by atoms with E-state index in [4.69, 9.17) is 5.26 Å². The van der Waals surface area contributed by atoms with Gasteiger partial charge in [-0.05, 0) is 28.1 Å². The minimum atomic E-state index is -0.375. The number of hydrogen-bond acceptors (Lipinski definition) is 1. The summed E-state index contributed by atoms with van der Waals surface area (Å²) >= 11 is 3.06. The molecular weight excluding hydrogens is 247 g/mol. The second-order valence-corrected chi connectivity index (χ2v) is 3.82. The third-order valence-electron chi connectivity index (χ3n) is 2.19. The highest BCUT2D eigenvalue weighted by atomic mass is 79.9. The minimum Gasteiger partial charge on any atom is -0.350 e. The van der Waals surface area contributed by atoms with E-state index in [0.717, 1.165) is 5.52 Å². The standard InChI is InChI=1S/C10H6BrFN2/c1-14-3-2-7-8(14)4-6(5-13)9(11)10(7)12/h2-4H,1H3. The van der Waals surface area contributed by atoms with E-state index in [0.29, 0.717) is 10.9 Å². The average Bonchev–Trinajstić information content (AvgIpc) is 2.54. The molecule has 1 aromatic heterocycles. The fourth-order valence-electron chi connectivity index (χ4n) is 1.43. The number of benzene rings is 1. The first-order chi connectivity index (χ1) is 6.65. The highest BCUT2D eigenvalue weighted by molar-refractivity contribution is 9.10. The Morgan fingerprint density at radius 1 is 1.57 bits per heavy atom. The van der Waals surface area contributed by atoms with Gasteiger partial charge >= 0.3 is 0 Å². The molecule has 2 nitrogen and oxygen atoms in total. The van der Waals surface area contributed by atoms with Gasteiger partial charge in [0, 0.05) is 18.6 Å². The maximum Gasteiger partial charge on any atom is 0.148 e. The largest absolute Gasteiger partial charge is 0.350 e. The van der Waals surface area contributed by atoms with Crippen molar-refractivity contribution in [3.63, 3.8) is 0 Å². The molecule has 0 unspecified atom stereocenters. The van der Waals surface area contributed by atoms with E-state index in [1.165, 1.54) is 0 Å². The highest BCUT2D eigenvalue weighted by Gasteiger charge is 2.12. The van der Waals surface area contributed by atoms with E-state index >= 15 is 0 Å². The van der Waals surface area contributed by atoms with Crippen LogP contribution in [0.1, 0.15) is 5.56 Å². The molecule has 2 aromatic rings. The predicted molar refractivity (Wildman–Crippen MR) is 55.3 cm³/mol. The summed E-state index contributed by atoms with van der Waals surface area (Å²) in [6, 6.07) is 5.31. The molecule has 0 saturated heterocycles. The molecule has 0 spiro atoms. The smallest absolute Gasteiger partial charge is 0.148 e. The lowest BCUT2D eigenvalue weighted by atomic mass is 10.1. The van der Waals surface area contributed by atoms with Gasteiger partial charge in [0.2, 0.25) is 0 Å². The van der Waals surface area contributed by atoms with E-state index in [1.807, 2.05) is 13.1 Å². The van der Waals surface area contributed by atoms with Crippen LogP contribution in [0.3, 0.4) is 0 Å². The van der Waals surface area contributed by atoms with Gasteiger partial charge in [-0.2, -0.15) is 5.26 Å². The Hall–Kier alpha value is -1.34. The lowest BCUT2D eigenvalue weighted by Crippen LogP contribution is -1.89. The van der Waals surface area contributed by atoms with Crippen LogP contribution in [0.15, 0.2) is 22.8 Å². The average molecular weight is 253 g/mol. The number of aromatic nitrogens is 1. The molecule has 0 fully saturated rings. The topological polar surface area (TPSA) is 28.7 Å². The van der Waals surface area contributed by atoms with E-state index in [-0.39, 0.29) is 10.3 Å². The molecule has 0 aliphatic rings.